The van der Waals surface area contributed by atoms with Gasteiger partial charge in [0.25, 0.3) is 5.91 Å². The van der Waals surface area contributed by atoms with Gasteiger partial charge in [-0.25, -0.2) is 0 Å². The number of unbranched alkanes of at least 4 members (excludes halogenated alkanes) is 1. The fraction of sp³-hybridized carbons (Fsp3) is 0.400. The maximum absolute atomic E-state index is 12.0. The zero-order valence-corrected chi connectivity index (χ0v) is 22.4. The molecule has 5 N–H and O–H groups in total. The Bertz CT molecular complexity index is 1260. The molecule has 9 nitrogen and oxygen atoms in total. The second-order valence-electron chi connectivity index (χ2n) is 10.2. The molecule has 0 aromatic heterocycles. The first kappa shape index (κ1) is 28.0. The van der Waals surface area contributed by atoms with E-state index in [4.69, 9.17) is 15.9 Å². The lowest BCUT2D eigenvalue weighted by Gasteiger charge is -2.38. The third-order valence-electron chi connectivity index (χ3n) is 7.74. The second-order valence-corrected chi connectivity index (χ2v) is 10.2. The lowest BCUT2D eigenvalue weighted by Crippen LogP contribution is -2.43. The van der Waals surface area contributed by atoms with Crippen molar-refractivity contribution in [1.29, 1.82) is 5.41 Å². The van der Waals surface area contributed by atoms with Crippen molar-refractivity contribution in [3.05, 3.63) is 70.3 Å². The number of carbonyl (C=O) groups excluding carboxylic acids is 3. The molecule has 5 rings (SSSR count). The molecule has 0 unspecified atom stereocenters. The van der Waals surface area contributed by atoms with E-state index in [1.165, 1.54) is 17.3 Å². The number of carbonyl (C=O) groups is 3. The Labute approximate surface area is 229 Å². The summed E-state index contributed by atoms with van der Waals surface area (Å²) < 4.78 is 6.15. The summed E-state index contributed by atoms with van der Waals surface area (Å²) in [5, 5.41) is 12.6. The van der Waals surface area contributed by atoms with Gasteiger partial charge in [-0.3, -0.25) is 14.5 Å². The molecule has 1 spiro atoms. The van der Waals surface area contributed by atoms with Gasteiger partial charge in [-0.1, -0.05) is 24.3 Å². The zero-order chi connectivity index (χ0) is 27.8. The van der Waals surface area contributed by atoms with Crippen LogP contribution in [-0.2, 0) is 28.1 Å². The molecule has 3 aliphatic heterocycles. The number of piperidine rings is 1. The molecule has 2 aromatic rings. The van der Waals surface area contributed by atoms with Crippen LogP contribution in [0, 0.1) is 5.41 Å². The molecule has 206 valence electrons. The Hall–Kier alpha value is -3.98. The number of amides is 2. The first-order chi connectivity index (χ1) is 18.9. The van der Waals surface area contributed by atoms with E-state index in [1.54, 1.807) is 13.1 Å². The Balaban J connectivity index is 0.000000340. The minimum atomic E-state index is -0.00292. The van der Waals surface area contributed by atoms with Gasteiger partial charge in [0.15, 0.2) is 0 Å². The molecular weight excluding hydrogens is 494 g/mol. The number of ether oxygens (including phenoxy) is 1. The third kappa shape index (κ3) is 6.37. The van der Waals surface area contributed by atoms with Gasteiger partial charge in [0, 0.05) is 67.0 Å². The molecule has 1 saturated heterocycles. The van der Waals surface area contributed by atoms with E-state index in [-0.39, 0.29) is 17.2 Å². The highest BCUT2D eigenvalue weighted by Crippen LogP contribution is 2.48. The van der Waals surface area contributed by atoms with E-state index in [1.807, 2.05) is 18.2 Å². The van der Waals surface area contributed by atoms with E-state index < -0.39 is 0 Å². The minimum absolute atomic E-state index is 0.00292. The number of rotatable bonds is 8. The normalized spacial score (nSPS) is 17.3. The largest absolute Gasteiger partial charge is 0.492 e. The van der Waals surface area contributed by atoms with Crippen molar-refractivity contribution in [3.8, 4) is 5.75 Å². The van der Waals surface area contributed by atoms with E-state index in [0.717, 1.165) is 61.2 Å². The average Bonchev–Trinajstić information content (AvgIpc) is 3.51. The highest BCUT2D eigenvalue weighted by atomic mass is 16.5. The van der Waals surface area contributed by atoms with Crippen LogP contribution in [0.3, 0.4) is 0 Å². The highest BCUT2D eigenvalue weighted by Gasteiger charge is 2.45. The van der Waals surface area contributed by atoms with Crippen LogP contribution in [0.25, 0.3) is 5.70 Å². The number of allylic oxidation sites excluding steroid dienone is 1. The van der Waals surface area contributed by atoms with Gasteiger partial charge >= 0.3 is 0 Å². The number of hydrogen-bond donors (Lipinski definition) is 4. The molecule has 3 aliphatic rings. The fourth-order valence-electron chi connectivity index (χ4n) is 5.47. The molecule has 1 fully saturated rings. The monoisotopic (exact) mass is 531 g/mol. The lowest BCUT2D eigenvalue weighted by molar-refractivity contribution is -0.120. The van der Waals surface area contributed by atoms with Gasteiger partial charge in [-0.15, -0.1) is 0 Å². The molecule has 0 aliphatic carbocycles. The van der Waals surface area contributed by atoms with Crippen LogP contribution < -0.4 is 21.1 Å². The SMILES string of the molecule is CNC(=O)CCCC=O.N=C/C=C(\N)c1cccc(CN2CCC3(CC2)COc2c3ccc3c2CNC3=O)c1. The van der Waals surface area contributed by atoms with Crippen LogP contribution in [0.2, 0.25) is 0 Å². The molecule has 2 aromatic carbocycles. The first-order valence-electron chi connectivity index (χ1n) is 13.4. The Morgan fingerprint density at radius 3 is 2.77 bits per heavy atom. The van der Waals surface area contributed by atoms with Gasteiger partial charge in [-0.2, -0.15) is 0 Å². The van der Waals surface area contributed by atoms with E-state index in [0.29, 0.717) is 38.1 Å². The highest BCUT2D eigenvalue weighted by molar-refractivity contribution is 5.99. The van der Waals surface area contributed by atoms with E-state index in [9.17, 15) is 14.4 Å². The van der Waals surface area contributed by atoms with Crippen molar-refractivity contribution < 1.29 is 19.1 Å². The third-order valence-corrected chi connectivity index (χ3v) is 7.74. The summed E-state index contributed by atoms with van der Waals surface area (Å²) in [7, 11) is 1.59. The number of nitrogens with zero attached hydrogens (tertiary/aromatic N) is 1. The minimum Gasteiger partial charge on any atom is -0.492 e. The number of nitrogens with two attached hydrogens (primary N) is 1. The van der Waals surface area contributed by atoms with Crippen LogP contribution in [0.4, 0.5) is 0 Å². The number of fused-ring (bicyclic) bond motifs is 4. The first-order valence-corrected chi connectivity index (χ1v) is 13.4. The summed E-state index contributed by atoms with van der Waals surface area (Å²) in [5.41, 5.74) is 12.0. The summed E-state index contributed by atoms with van der Waals surface area (Å²) in [5.74, 6) is 0.947. The Kier molecular flexibility index (Phi) is 9.14. The molecule has 0 atom stereocenters. The molecule has 3 heterocycles. The molecule has 0 radical (unpaired) electrons. The van der Waals surface area contributed by atoms with Gasteiger partial charge < -0.3 is 31.3 Å². The van der Waals surface area contributed by atoms with Crippen LogP contribution >= 0.6 is 0 Å². The van der Waals surface area contributed by atoms with Crippen LogP contribution in [0.15, 0.2) is 42.5 Å². The number of benzene rings is 2. The number of nitrogens with one attached hydrogen (secondary N) is 3. The number of aldehydes is 1. The number of hydrogen-bond acceptors (Lipinski definition) is 7. The molecule has 2 amide bonds. The summed E-state index contributed by atoms with van der Waals surface area (Å²) in [4.78, 5) is 34.6. The van der Waals surface area contributed by atoms with E-state index >= 15 is 0 Å². The van der Waals surface area contributed by atoms with Crippen LogP contribution in [-0.4, -0.2) is 56.0 Å². The maximum atomic E-state index is 12.0. The molecule has 39 heavy (non-hydrogen) atoms. The van der Waals surface area contributed by atoms with Gasteiger partial charge in [0.1, 0.15) is 12.0 Å². The standard InChI is InChI=1S/C24H26N4O2.C6H11NO2/c25-9-6-21(26)17-3-1-2-16(12-17)14-28-10-7-24(8-11-28)15-30-22-19-13-27-23(29)18(19)4-5-20(22)24;1-7-6(9)4-2-3-5-8/h1-6,9,12,25H,7-8,10-11,13-15,26H2,(H,27,29);5H,2-4H2,1H3,(H,7,9)/b21-6-,25-9?;. The second kappa shape index (κ2) is 12.7. The summed E-state index contributed by atoms with van der Waals surface area (Å²) in [6.45, 7) is 4.19. The Morgan fingerprint density at radius 1 is 1.26 bits per heavy atom. The summed E-state index contributed by atoms with van der Waals surface area (Å²) in [6, 6.07) is 12.3. The maximum Gasteiger partial charge on any atom is 0.252 e. The Morgan fingerprint density at radius 2 is 2.05 bits per heavy atom. The van der Waals surface area contributed by atoms with Crippen molar-refractivity contribution in [2.24, 2.45) is 5.73 Å². The number of likely N-dealkylation sites (tertiary alicyclic amines) is 1. The predicted molar refractivity (Wildman–Crippen MR) is 151 cm³/mol. The van der Waals surface area contributed by atoms with Crippen molar-refractivity contribution in [2.75, 3.05) is 26.7 Å². The van der Waals surface area contributed by atoms with Crippen molar-refractivity contribution in [1.82, 2.24) is 15.5 Å². The predicted octanol–water partition coefficient (Wildman–Crippen LogP) is 2.91. The van der Waals surface area contributed by atoms with Gasteiger partial charge in [0.2, 0.25) is 5.91 Å². The average molecular weight is 532 g/mol. The molecule has 0 bridgehead atoms. The zero-order valence-electron chi connectivity index (χ0n) is 22.4. The molecular formula is C30H37N5O4. The van der Waals surface area contributed by atoms with Gasteiger partial charge in [0.05, 0.1) is 6.61 Å². The summed E-state index contributed by atoms with van der Waals surface area (Å²) in [6.07, 6.45) is 7.34. The lowest BCUT2D eigenvalue weighted by atomic mass is 9.74. The molecule has 0 saturated carbocycles. The fourth-order valence-corrected chi connectivity index (χ4v) is 5.47. The topological polar surface area (TPSA) is 138 Å². The van der Waals surface area contributed by atoms with Crippen LogP contribution in [0.5, 0.6) is 5.75 Å². The summed E-state index contributed by atoms with van der Waals surface area (Å²) >= 11 is 0. The van der Waals surface area contributed by atoms with E-state index in [2.05, 4.69) is 33.7 Å². The van der Waals surface area contributed by atoms with Gasteiger partial charge in [-0.05, 0) is 61.7 Å². The van der Waals surface area contributed by atoms with Crippen LogP contribution in [0.1, 0.15) is 64.7 Å². The van der Waals surface area contributed by atoms with Crippen molar-refractivity contribution >= 4 is 30.0 Å². The smallest absolute Gasteiger partial charge is 0.252 e. The van der Waals surface area contributed by atoms with Crippen molar-refractivity contribution in [2.45, 2.75) is 50.6 Å². The molecule has 9 heteroatoms. The quantitative estimate of drug-likeness (QED) is 0.235. The van der Waals surface area contributed by atoms with Crippen molar-refractivity contribution in [3.63, 3.8) is 0 Å².